The van der Waals surface area contributed by atoms with Crippen LogP contribution < -0.4 is 19.8 Å². The highest BCUT2D eigenvalue weighted by Gasteiger charge is 2.19. The molecule has 2 N–H and O–H groups in total. The standard InChI is InChI=1S/C21H20FN5O5S/c1-12-15-5-4-14(31-21-25-8-9-27(21)3)11-17(15)32-20(28)16(12)10-13-6-7-24-19(18(13)22)26-33(29,30)23-2/h4-9,11,23H,10H2,1-3H3,(H,24,26). The van der Waals surface area contributed by atoms with E-state index in [2.05, 4.69) is 9.97 Å². The summed E-state index contributed by atoms with van der Waals surface area (Å²) in [6.45, 7) is 1.73. The van der Waals surface area contributed by atoms with Crippen molar-refractivity contribution in [2.75, 3.05) is 11.8 Å². The summed E-state index contributed by atoms with van der Waals surface area (Å²) < 4.78 is 55.2. The van der Waals surface area contributed by atoms with Crippen molar-refractivity contribution in [1.29, 1.82) is 0 Å². The van der Waals surface area contributed by atoms with Gasteiger partial charge in [0.2, 0.25) is 0 Å². The van der Waals surface area contributed by atoms with E-state index < -0.39 is 27.5 Å². The number of hydrogen-bond acceptors (Lipinski definition) is 7. The Bertz CT molecular complexity index is 1510. The van der Waals surface area contributed by atoms with Gasteiger partial charge >= 0.3 is 11.6 Å². The molecule has 10 nitrogen and oxygen atoms in total. The van der Waals surface area contributed by atoms with Gasteiger partial charge in [-0.3, -0.25) is 4.72 Å². The number of pyridine rings is 1. The predicted octanol–water partition coefficient (Wildman–Crippen LogP) is 2.63. The molecule has 33 heavy (non-hydrogen) atoms. The minimum atomic E-state index is -3.96. The number of rotatable bonds is 7. The van der Waals surface area contributed by atoms with Crippen molar-refractivity contribution in [3.05, 3.63) is 75.8 Å². The third kappa shape index (κ3) is 4.56. The normalized spacial score (nSPS) is 11.6. The summed E-state index contributed by atoms with van der Waals surface area (Å²) in [5.41, 5.74) is 0.614. The van der Waals surface area contributed by atoms with Crippen LogP contribution in [0, 0.1) is 12.7 Å². The highest BCUT2D eigenvalue weighted by molar-refractivity contribution is 7.90. The third-order valence-corrected chi connectivity index (χ3v) is 6.08. The van der Waals surface area contributed by atoms with Crippen LogP contribution in [0.15, 0.2) is 52.1 Å². The van der Waals surface area contributed by atoms with E-state index in [4.69, 9.17) is 9.15 Å². The van der Waals surface area contributed by atoms with E-state index in [9.17, 15) is 17.6 Å². The van der Waals surface area contributed by atoms with Gasteiger partial charge in [0.25, 0.3) is 10.2 Å². The largest absolute Gasteiger partial charge is 0.425 e. The molecule has 1 aromatic carbocycles. The maximum Gasteiger partial charge on any atom is 0.340 e. The number of hydrogen-bond donors (Lipinski definition) is 2. The molecule has 3 aromatic heterocycles. The highest BCUT2D eigenvalue weighted by atomic mass is 32.2. The van der Waals surface area contributed by atoms with Crippen LogP contribution in [0.3, 0.4) is 0 Å². The fourth-order valence-corrected chi connectivity index (χ4v) is 3.76. The molecule has 0 bridgehead atoms. The van der Waals surface area contributed by atoms with Crippen LogP contribution in [0.2, 0.25) is 0 Å². The van der Waals surface area contributed by atoms with Crippen molar-refractivity contribution < 1.29 is 22.0 Å². The van der Waals surface area contributed by atoms with Gasteiger partial charge in [-0.1, -0.05) is 0 Å². The smallest absolute Gasteiger partial charge is 0.340 e. The monoisotopic (exact) mass is 473 g/mol. The predicted molar refractivity (Wildman–Crippen MR) is 119 cm³/mol. The lowest BCUT2D eigenvalue weighted by molar-refractivity contribution is 0.424. The van der Waals surface area contributed by atoms with Gasteiger partial charge < -0.3 is 13.7 Å². The molecule has 12 heteroatoms. The molecule has 0 radical (unpaired) electrons. The Kier molecular flexibility index (Phi) is 5.87. The maximum atomic E-state index is 14.9. The Labute approximate surface area is 188 Å². The van der Waals surface area contributed by atoms with Crippen molar-refractivity contribution in [2.24, 2.45) is 7.05 Å². The number of nitrogens with one attached hydrogen (secondary N) is 2. The number of ether oxygens (including phenoxy) is 1. The molecule has 0 aliphatic carbocycles. The molecule has 0 saturated carbocycles. The Balaban J connectivity index is 1.69. The van der Waals surface area contributed by atoms with Crippen LogP contribution >= 0.6 is 0 Å². The van der Waals surface area contributed by atoms with Gasteiger partial charge in [0.15, 0.2) is 11.6 Å². The van der Waals surface area contributed by atoms with Gasteiger partial charge in [-0.2, -0.15) is 8.42 Å². The Morgan fingerprint density at radius 3 is 2.70 bits per heavy atom. The van der Waals surface area contributed by atoms with E-state index in [1.54, 1.807) is 49.1 Å². The number of fused-ring (bicyclic) bond motifs is 1. The maximum absolute atomic E-state index is 14.9. The summed E-state index contributed by atoms with van der Waals surface area (Å²) in [4.78, 5) is 20.5. The number of imidazole rings is 1. The van der Waals surface area contributed by atoms with Crippen molar-refractivity contribution >= 4 is 27.0 Å². The minimum absolute atomic E-state index is 0.0864. The molecule has 4 rings (SSSR count). The van der Waals surface area contributed by atoms with E-state index in [1.807, 2.05) is 9.44 Å². The molecule has 3 heterocycles. The number of benzene rings is 1. The van der Waals surface area contributed by atoms with Crippen LogP contribution in [0.5, 0.6) is 11.8 Å². The molecule has 172 valence electrons. The second kappa shape index (κ2) is 8.64. The summed E-state index contributed by atoms with van der Waals surface area (Å²) in [6.07, 6.45) is 4.48. The molecule has 0 aliphatic heterocycles. The van der Waals surface area contributed by atoms with Gasteiger partial charge in [-0.15, -0.1) is 0 Å². The van der Waals surface area contributed by atoms with Crippen molar-refractivity contribution in [3.8, 4) is 11.8 Å². The zero-order valence-corrected chi connectivity index (χ0v) is 18.7. The van der Waals surface area contributed by atoms with Gasteiger partial charge in [-0.25, -0.2) is 23.9 Å². The zero-order valence-electron chi connectivity index (χ0n) is 17.9. The summed E-state index contributed by atoms with van der Waals surface area (Å²) in [6, 6.07) is 6.79. The first-order chi connectivity index (χ1) is 15.7. The molecular weight excluding hydrogens is 453 g/mol. The van der Waals surface area contributed by atoms with Crippen LogP contribution in [0.1, 0.15) is 16.7 Å². The number of halogens is 1. The van der Waals surface area contributed by atoms with Crippen LogP contribution in [0.4, 0.5) is 10.2 Å². The van der Waals surface area contributed by atoms with E-state index in [-0.39, 0.29) is 17.5 Å². The van der Waals surface area contributed by atoms with E-state index in [0.29, 0.717) is 28.3 Å². The molecule has 0 spiro atoms. The Morgan fingerprint density at radius 2 is 2.00 bits per heavy atom. The van der Waals surface area contributed by atoms with Crippen molar-refractivity contribution in [3.63, 3.8) is 0 Å². The van der Waals surface area contributed by atoms with Crippen molar-refractivity contribution in [1.82, 2.24) is 19.3 Å². The molecule has 0 amide bonds. The topological polar surface area (TPSA) is 128 Å². The van der Waals surface area contributed by atoms with Crippen molar-refractivity contribution in [2.45, 2.75) is 13.3 Å². The summed E-state index contributed by atoms with van der Waals surface area (Å²) in [5.74, 6) is -0.913. The first-order valence-corrected chi connectivity index (χ1v) is 11.2. The first kappa shape index (κ1) is 22.4. The van der Waals surface area contributed by atoms with Crippen LogP contribution in [0.25, 0.3) is 11.0 Å². The third-order valence-electron chi connectivity index (χ3n) is 5.08. The minimum Gasteiger partial charge on any atom is -0.425 e. The lowest BCUT2D eigenvalue weighted by atomic mass is 10.00. The zero-order chi connectivity index (χ0) is 23.8. The molecule has 0 aliphatic rings. The van der Waals surface area contributed by atoms with Gasteiger partial charge in [-0.05, 0) is 36.2 Å². The van der Waals surface area contributed by atoms with Gasteiger partial charge in [0.05, 0.1) is 0 Å². The van der Waals surface area contributed by atoms with E-state index in [1.165, 1.54) is 19.3 Å². The van der Waals surface area contributed by atoms with Crippen LogP contribution in [-0.4, -0.2) is 30.0 Å². The van der Waals surface area contributed by atoms with Gasteiger partial charge in [0, 0.05) is 56.1 Å². The molecule has 4 aromatic rings. The fraction of sp³-hybridized carbons (Fsp3) is 0.190. The first-order valence-electron chi connectivity index (χ1n) is 9.74. The number of aryl methyl sites for hydroxylation is 2. The van der Waals surface area contributed by atoms with Gasteiger partial charge in [0.1, 0.15) is 11.3 Å². The lowest BCUT2D eigenvalue weighted by Crippen LogP contribution is -2.27. The average molecular weight is 473 g/mol. The second-order valence-corrected chi connectivity index (χ2v) is 8.81. The Hall–Kier alpha value is -3.77. The lowest BCUT2D eigenvalue weighted by Gasteiger charge is -2.12. The molecule has 0 atom stereocenters. The number of anilines is 1. The molecule has 0 fully saturated rings. The quantitative estimate of drug-likeness (QED) is 0.395. The van der Waals surface area contributed by atoms with E-state index >= 15 is 0 Å². The number of nitrogens with zero attached hydrogens (tertiary/aromatic N) is 3. The average Bonchev–Trinajstić information content (AvgIpc) is 3.17. The summed E-state index contributed by atoms with van der Waals surface area (Å²) >= 11 is 0. The summed E-state index contributed by atoms with van der Waals surface area (Å²) in [7, 11) is -0.990. The Morgan fingerprint density at radius 1 is 1.21 bits per heavy atom. The molecular formula is C21H20FN5O5S. The SMILES string of the molecule is CNS(=O)(=O)Nc1nccc(Cc2c(C)c3ccc(Oc4nccn4C)cc3oc2=O)c1F. The second-order valence-electron chi connectivity index (χ2n) is 7.19. The molecule has 0 unspecified atom stereocenters. The summed E-state index contributed by atoms with van der Waals surface area (Å²) in [5, 5.41) is 0.655. The highest BCUT2D eigenvalue weighted by Crippen LogP contribution is 2.28. The fourth-order valence-electron chi connectivity index (χ4n) is 3.26. The van der Waals surface area contributed by atoms with Crippen LogP contribution in [-0.2, 0) is 23.7 Å². The number of aromatic nitrogens is 3. The van der Waals surface area contributed by atoms with E-state index in [0.717, 1.165) is 0 Å². The molecule has 0 saturated heterocycles.